The van der Waals surface area contributed by atoms with E-state index in [1.807, 2.05) is 13.1 Å². The third kappa shape index (κ3) is 4.64. The van der Waals surface area contributed by atoms with Crippen LogP contribution in [0.25, 0.3) is 10.8 Å². The molecule has 1 saturated carbocycles. The summed E-state index contributed by atoms with van der Waals surface area (Å²) < 4.78 is 52.7. The van der Waals surface area contributed by atoms with Crippen LogP contribution in [0, 0.1) is 6.92 Å². The quantitative estimate of drug-likeness (QED) is 0.481. The van der Waals surface area contributed by atoms with Crippen molar-refractivity contribution in [1.82, 2.24) is 19.7 Å². The number of halogens is 2. The van der Waals surface area contributed by atoms with Crippen LogP contribution in [-0.2, 0) is 15.4 Å². The lowest BCUT2D eigenvalue weighted by Crippen LogP contribution is -2.45. The molecule has 0 amide bonds. The molecular weight excluding hydrogens is 514 g/mol. The van der Waals surface area contributed by atoms with E-state index in [1.165, 1.54) is 19.1 Å². The molecule has 0 spiro atoms. The highest BCUT2D eigenvalue weighted by Crippen LogP contribution is 2.43. The monoisotopic (exact) mass is 546 g/mol. The molecule has 2 fully saturated rings. The number of fused-ring (bicyclic) bond motifs is 1. The lowest BCUT2D eigenvalue weighted by atomic mass is 10.0. The lowest BCUT2D eigenvalue weighted by Gasteiger charge is -2.33. The fourth-order valence-electron chi connectivity index (χ4n) is 5.10. The molecule has 1 aliphatic heterocycles. The fourth-order valence-corrected chi connectivity index (χ4v) is 6.11. The number of nitrogens with zero attached hydrogens (tertiary/aromatic N) is 5. The zero-order valence-corrected chi connectivity index (χ0v) is 22.7. The van der Waals surface area contributed by atoms with Gasteiger partial charge in [0.1, 0.15) is 0 Å². The Kier molecular flexibility index (Phi) is 6.67. The highest BCUT2D eigenvalue weighted by Gasteiger charge is 2.40. The van der Waals surface area contributed by atoms with Gasteiger partial charge in [-0.3, -0.25) is 4.79 Å². The maximum atomic E-state index is 13.3. The maximum absolute atomic E-state index is 13.3. The molecule has 0 unspecified atom stereocenters. The molecule has 3 heterocycles. The molecule has 38 heavy (non-hydrogen) atoms. The van der Waals surface area contributed by atoms with Crippen LogP contribution in [0.1, 0.15) is 43.9 Å². The van der Waals surface area contributed by atoms with Gasteiger partial charge in [-0.25, -0.2) is 8.42 Å². The number of hydrogen-bond acceptors (Lipinski definition) is 8. The Morgan fingerprint density at radius 2 is 1.76 bits per heavy atom. The van der Waals surface area contributed by atoms with Crippen LogP contribution in [0.4, 0.5) is 20.4 Å². The molecule has 2 aliphatic rings. The zero-order valence-electron chi connectivity index (χ0n) is 21.9. The van der Waals surface area contributed by atoms with Gasteiger partial charge in [0.2, 0.25) is 9.84 Å². The standard InChI is InChI=1S/C26H32F2N6O3S/c1-16-18(6-5-7-21(16)38(36,37)25(27)28)17(2)29-23-20-15-34(26(3)8-9-26)22(35)14-19(20)24(31-30-23)33-12-10-32(4)11-13-33/h5-7,14-15,17,25H,8-13H2,1-4H3,(H,29,30)/t17-/m1/s1. The lowest BCUT2D eigenvalue weighted by molar-refractivity contribution is 0.234. The number of piperazine rings is 1. The second-order valence-corrected chi connectivity index (χ2v) is 12.5. The third-order valence-corrected chi connectivity index (χ3v) is 9.36. The van der Waals surface area contributed by atoms with Crippen LogP contribution in [-0.4, -0.2) is 67.1 Å². The summed E-state index contributed by atoms with van der Waals surface area (Å²) in [5, 5.41) is 13.7. The topological polar surface area (TPSA) is 100 Å². The minimum Gasteiger partial charge on any atom is -0.361 e. The Bertz CT molecular complexity index is 1550. The Labute approximate surface area is 220 Å². The Morgan fingerprint density at radius 3 is 2.39 bits per heavy atom. The van der Waals surface area contributed by atoms with Crippen molar-refractivity contribution >= 4 is 32.2 Å². The van der Waals surface area contributed by atoms with Gasteiger partial charge in [0.25, 0.3) is 5.56 Å². The predicted molar refractivity (Wildman–Crippen MR) is 143 cm³/mol. The number of anilines is 2. The first-order valence-electron chi connectivity index (χ1n) is 12.7. The van der Waals surface area contributed by atoms with Crippen LogP contribution < -0.4 is 15.8 Å². The third-order valence-electron chi connectivity index (χ3n) is 7.84. The molecule has 204 valence electrons. The SMILES string of the molecule is Cc1c([C@@H](C)Nc2nnc(N3CCN(C)CC3)c3cc(=O)n(C4(C)CC4)cc23)cccc1S(=O)(=O)C(F)F. The van der Waals surface area contributed by atoms with Crippen molar-refractivity contribution in [2.24, 2.45) is 0 Å². The minimum atomic E-state index is -4.75. The first-order chi connectivity index (χ1) is 17.9. The first kappa shape index (κ1) is 26.5. The normalized spacial score (nSPS) is 18.7. The van der Waals surface area contributed by atoms with Crippen LogP contribution in [0.5, 0.6) is 0 Å². The van der Waals surface area contributed by atoms with E-state index in [9.17, 15) is 22.0 Å². The van der Waals surface area contributed by atoms with E-state index in [-0.39, 0.29) is 16.7 Å². The van der Waals surface area contributed by atoms with E-state index < -0.39 is 26.5 Å². The molecular formula is C26H32F2N6O3S. The predicted octanol–water partition coefficient (Wildman–Crippen LogP) is 3.53. The highest BCUT2D eigenvalue weighted by atomic mass is 32.2. The number of aromatic nitrogens is 3. The van der Waals surface area contributed by atoms with Gasteiger partial charge in [-0.15, -0.1) is 10.2 Å². The molecule has 1 atom stereocenters. The molecule has 1 aliphatic carbocycles. The number of sulfone groups is 1. The van der Waals surface area contributed by atoms with Gasteiger partial charge in [0.15, 0.2) is 11.6 Å². The van der Waals surface area contributed by atoms with Gasteiger partial charge < -0.3 is 19.7 Å². The number of pyridine rings is 1. The Balaban J connectivity index is 1.58. The summed E-state index contributed by atoms with van der Waals surface area (Å²) in [6.07, 6.45) is 3.65. The van der Waals surface area contributed by atoms with Crippen molar-refractivity contribution in [3.8, 4) is 0 Å². The molecule has 3 aromatic rings. The second kappa shape index (κ2) is 9.57. The van der Waals surface area contributed by atoms with Crippen molar-refractivity contribution in [2.45, 2.75) is 55.8 Å². The minimum absolute atomic E-state index is 0.0966. The average molecular weight is 547 g/mol. The van der Waals surface area contributed by atoms with Crippen LogP contribution in [0.3, 0.4) is 0 Å². The van der Waals surface area contributed by atoms with E-state index in [0.717, 1.165) is 44.4 Å². The second-order valence-electron chi connectivity index (χ2n) is 10.6. The summed E-state index contributed by atoms with van der Waals surface area (Å²) in [4.78, 5) is 17.1. The van der Waals surface area contributed by atoms with E-state index in [4.69, 9.17) is 0 Å². The van der Waals surface area contributed by atoms with Crippen LogP contribution in [0.2, 0.25) is 0 Å². The van der Waals surface area contributed by atoms with E-state index >= 15 is 0 Å². The molecule has 2 aromatic heterocycles. The highest BCUT2D eigenvalue weighted by molar-refractivity contribution is 7.91. The van der Waals surface area contributed by atoms with Crippen molar-refractivity contribution in [2.75, 3.05) is 43.4 Å². The Hall–Kier alpha value is -3.12. The van der Waals surface area contributed by atoms with Gasteiger partial charge in [-0.05, 0) is 57.9 Å². The first-order valence-corrected chi connectivity index (χ1v) is 14.2. The fraction of sp³-hybridized carbons (Fsp3) is 0.500. The van der Waals surface area contributed by atoms with Gasteiger partial charge >= 0.3 is 5.76 Å². The number of likely N-dealkylation sites (N-methyl/N-ethyl adjacent to an activating group) is 1. The number of nitrogens with one attached hydrogen (secondary N) is 1. The summed E-state index contributed by atoms with van der Waals surface area (Å²) in [5.74, 6) is -2.42. The summed E-state index contributed by atoms with van der Waals surface area (Å²) in [7, 11) is -2.69. The molecule has 1 N–H and O–H groups in total. The van der Waals surface area contributed by atoms with Gasteiger partial charge in [-0.2, -0.15) is 8.78 Å². The molecule has 1 aromatic carbocycles. The zero-order chi connectivity index (χ0) is 27.4. The largest absolute Gasteiger partial charge is 0.361 e. The molecule has 9 nitrogen and oxygen atoms in total. The Morgan fingerprint density at radius 1 is 1.08 bits per heavy atom. The molecule has 12 heteroatoms. The van der Waals surface area contributed by atoms with Crippen molar-refractivity contribution in [1.29, 1.82) is 0 Å². The van der Waals surface area contributed by atoms with Gasteiger partial charge in [0, 0.05) is 54.8 Å². The summed E-state index contributed by atoms with van der Waals surface area (Å²) in [6.45, 7) is 8.63. The average Bonchev–Trinajstić information content (AvgIpc) is 3.62. The number of alkyl halides is 2. The summed E-state index contributed by atoms with van der Waals surface area (Å²) in [5.41, 5.74) is 0.467. The van der Waals surface area contributed by atoms with Gasteiger partial charge in [0.05, 0.1) is 10.9 Å². The van der Waals surface area contributed by atoms with Crippen molar-refractivity contribution in [3.63, 3.8) is 0 Å². The summed E-state index contributed by atoms with van der Waals surface area (Å²) >= 11 is 0. The molecule has 0 bridgehead atoms. The number of hydrogen-bond donors (Lipinski definition) is 1. The molecule has 0 radical (unpaired) electrons. The van der Waals surface area contributed by atoms with Gasteiger partial charge in [-0.1, -0.05) is 12.1 Å². The smallest absolute Gasteiger partial charge is 0.341 e. The van der Waals surface area contributed by atoms with Crippen molar-refractivity contribution in [3.05, 3.63) is 51.9 Å². The van der Waals surface area contributed by atoms with Crippen LogP contribution in [0.15, 0.2) is 40.2 Å². The maximum Gasteiger partial charge on any atom is 0.341 e. The van der Waals surface area contributed by atoms with Crippen LogP contribution >= 0.6 is 0 Å². The molecule has 5 rings (SSSR count). The number of rotatable bonds is 7. The van der Waals surface area contributed by atoms with E-state index in [0.29, 0.717) is 22.6 Å². The van der Waals surface area contributed by atoms with E-state index in [1.54, 1.807) is 23.6 Å². The molecule has 1 saturated heterocycles. The van der Waals surface area contributed by atoms with E-state index in [2.05, 4.69) is 32.4 Å². The summed E-state index contributed by atoms with van der Waals surface area (Å²) in [6, 6.07) is 5.50. The number of benzene rings is 1. The van der Waals surface area contributed by atoms with Crippen molar-refractivity contribution < 1.29 is 17.2 Å².